The van der Waals surface area contributed by atoms with E-state index in [-0.39, 0.29) is 28.8 Å². The van der Waals surface area contributed by atoms with Crippen molar-refractivity contribution in [2.75, 3.05) is 5.32 Å². The number of fused-ring (bicyclic) bond motifs is 1. The summed E-state index contributed by atoms with van der Waals surface area (Å²) < 4.78 is 0. The van der Waals surface area contributed by atoms with Gasteiger partial charge in [0, 0.05) is 28.3 Å². The third-order valence-corrected chi connectivity index (χ3v) is 7.34. The SMILES string of the molecule is CC1C(c2c(C(N)=O)ccc(-c3ccccc3)c2C(=O)O)Nc2ccc(C(=N)N)cc2C1c1ccccc1. The Morgan fingerprint density at radius 2 is 1.55 bits per heavy atom. The van der Waals surface area contributed by atoms with Crippen LogP contribution in [0.25, 0.3) is 11.1 Å². The van der Waals surface area contributed by atoms with Gasteiger partial charge in [-0.25, -0.2) is 4.79 Å². The second-order valence-electron chi connectivity index (χ2n) is 9.57. The van der Waals surface area contributed by atoms with Crippen LogP contribution in [0.15, 0.2) is 91.0 Å². The van der Waals surface area contributed by atoms with Gasteiger partial charge in [-0.1, -0.05) is 73.7 Å². The number of aromatic carboxylic acids is 1. The number of amidine groups is 1. The van der Waals surface area contributed by atoms with Crippen LogP contribution in [-0.2, 0) is 0 Å². The van der Waals surface area contributed by atoms with Gasteiger partial charge in [0.2, 0.25) is 5.91 Å². The molecule has 1 aliphatic rings. The third kappa shape index (κ3) is 4.28. The Balaban J connectivity index is 1.78. The van der Waals surface area contributed by atoms with Gasteiger partial charge in [0.15, 0.2) is 0 Å². The van der Waals surface area contributed by atoms with Crippen LogP contribution < -0.4 is 16.8 Å². The monoisotopic (exact) mass is 504 g/mol. The predicted molar refractivity (Wildman–Crippen MR) is 149 cm³/mol. The zero-order valence-electron chi connectivity index (χ0n) is 20.8. The second-order valence-corrected chi connectivity index (χ2v) is 9.57. The molecule has 0 saturated carbocycles. The smallest absolute Gasteiger partial charge is 0.336 e. The topological polar surface area (TPSA) is 142 Å². The molecular weight excluding hydrogens is 476 g/mol. The lowest BCUT2D eigenvalue weighted by molar-refractivity contribution is 0.0695. The number of carbonyl (C=O) groups is 2. The molecule has 5 rings (SSSR count). The largest absolute Gasteiger partial charge is 0.478 e. The minimum absolute atomic E-state index is 0.0332. The van der Waals surface area contributed by atoms with Crippen molar-refractivity contribution >= 4 is 23.4 Å². The fraction of sp³-hybridized carbons (Fsp3) is 0.129. The summed E-state index contributed by atoms with van der Waals surface area (Å²) in [6.45, 7) is 2.03. The van der Waals surface area contributed by atoms with Crippen LogP contribution in [0.3, 0.4) is 0 Å². The van der Waals surface area contributed by atoms with Crippen LogP contribution in [0.1, 0.15) is 61.9 Å². The molecule has 7 heteroatoms. The molecule has 0 saturated heterocycles. The van der Waals surface area contributed by atoms with Crippen molar-refractivity contribution in [2.24, 2.45) is 17.4 Å². The summed E-state index contributed by atoms with van der Waals surface area (Å²) in [4.78, 5) is 25.5. The van der Waals surface area contributed by atoms with Gasteiger partial charge in [-0.15, -0.1) is 0 Å². The predicted octanol–water partition coefficient (Wildman–Crippen LogP) is 5.37. The molecule has 0 fully saturated rings. The number of carboxylic acids is 1. The molecule has 4 aromatic carbocycles. The van der Waals surface area contributed by atoms with Gasteiger partial charge >= 0.3 is 5.97 Å². The number of benzene rings is 4. The van der Waals surface area contributed by atoms with Crippen molar-refractivity contribution in [1.29, 1.82) is 5.41 Å². The Morgan fingerprint density at radius 3 is 2.16 bits per heavy atom. The molecule has 7 N–H and O–H groups in total. The van der Waals surface area contributed by atoms with Gasteiger partial charge in [-0.05, 0) is 52.4 Å². The number of carbonyl (C=O) groups excluding carboxylic acids is 1. The van der Waals surface area contributed by atoms with E-state index in [1.165, 1.54) is 0 Å². The van der Waals surface area contributed by atoms with E-state index in [2.05, 4.69) is 5.32 Å². The summed E-state index contributed by atoms with van der Waals surface area (Å²) in [5.74, 6) is -2.22. The molecule has 1 heterocycles. The van der Waals surface area contributed by atoms with Crippen LogP contribution >= 0.6 is 0 Å². The zero-order valence-corrected chi connectivity index (χ0v) is 20.8. The highest BCUT2D eigenvalue weighted by molar-refractivity contribution is 6.04. The summed E-state index contributed by atoms with van der Waals surface area (Å²) in [6.07, 6.45) is 0. The first kappa shape index (κ1) is 24.8. The van der Waals surface area contributed by atoms with Crippen LogP contribution in [0, 0.1) is 11.3 Å². The van der Waals surface area contributed by atoms with Gasteiger partial charge in [-0.2, -0.15) is 0 Å². The highest BCUT2D eigenvalue weighted by Gasteiger charge is 2.39. The van der Waals surface area contributed by atoms with Crippen LogP contribution in [0.5, 0.6) is 0 Å². The molecular formula is C31H28N4O3. The average molecular weight is 505 g/mol. The van der Waals surface area contributed by atoms with E-state index in [0.717, 1.165) is 22.4 Å². The molecule has 3 unspecified atom stereocenters. The minimum atomic E-state index is -1.13. The summed E-state index contributed by atoms with van der Waals surface area (Å²) in [5.41, 5.74) is 16.8. The Kier molecular flexibility index (Phi) is 6.43. The maximum Gasteiger partial charge on any atom is 0.336 e. The Morgan fingerprint density at radius 1 is 0.895 bits per heavy atom. The number of nitrogen functional groups attached to an aromatic ring is 1. The lowest BCUT2D eigenvalue weighted by atomic mass is 9.71. The number of amides is 1. The molecule has 0 aromatic heterocycles. The van der Waals surface area contributed by atoms with Crippen LogP contribution in [0.2, 0.25) is 0 Å². The maximum atomic E-state index is 12.8. The number of nitrogens with one attached hydrogen (secondary N) is 2. The van der Waals surface area contributed by atoms with Gasteiger partial charge in [0.05, 0.1) is 11.6 Å². The Labute approximate surface area is 220 Å². The van der Waals surface area contributed by atoms with Crippen molar-refractivity contribution in [3.05, 3.63) is 124 Å². The van der Waals surface area contributed by atoms with E-state index in [9.17, 15) is 14.7 Å². The second kappa shape index (κ2) is 9.86. The van der Waals surface area contributed by atoms with Crippen molar-refractivity contribution in [1.82, 2.24) is 0 Å². The van der Waals surface area contributed by atoms with E-state index >= 15 is 0 Å². The molecule has 38 heavy (non-hydrogen) atoms. The lowest BCUT2D eigenvalue weighted by Gasteiger charge is -2.41. The number of primary amides is 1. The Bertz CT molecular complexity index is 1550. The fourth-order valence-corrected chi connectivity index (χ4v) is 5.62. The molecule has 190 valence electrons. The van der Waals surface area contributed by atoms with Crippen molar-refractivity contribution < 1.29 is 14.7 Å². The molecule has 4 aromatic rings. The standard InChI is InChI=1S/C31H28N4O3/c1-17-25(19-10-6-3-7-11-19)23-16-20(29(32)33)12-15-24(23)35-28(17)26-22(30(34)36)14-13-21(27(26)31(37)38)18-8-4-2-5-9-18/h2-17,25,28,35H,1H3,(H3,32,33)(H2,34,36)(H,37,38). The van der Waals surface area contributed by atoms with E-state index < -0.39 is 17.9 Å². The molecule has 7 nitrogen and oxygen atoms in total. The van der Waals surface area contributed by atoms with Gasteiger partial charge in [0.1, 0.15) is 5.84 Å². The molecule has 0 aliphatic carbocycles. The number of hydrogen-bond donors (Lipinski definition) is 5. The first-order chi connectivity index (χ1) is 18.3. The molecule has 1 amide bonds. The summed E-state index contributed by atoms with van der Waals surface area (Å²) in [7, 11) is 0. The lowest BCUT2D eigenvalue weighted by Crippen LogP contribution is -2.34. The minimum Gasteiger partial charge on any atom is -0.478 e. The normalized spacial score (nSPS) is 18.2. The molecule has 3 atom stereocenters. The molecule has 0 radical (unpaired) electrons. The number of rotatable bonds is 6. The highest BCUT2D eigenvalue weighted by atomic mass is 16.4. The molecule has 0 spiro atoms. The quantitative estimate of drug-likeness (QED) is 0.177. The van der Waals surface area contributed by atoms with Crippen LogP contribution in [0.4, 0.5) is 5.69 Å². The first-order valence-electron chi connectivity index (χ1n) is 12.3. The highest BCUT2D eigenvalue weighted by Crippen LogP contribution is 2.49. The number of carboxylic acid groups (broad SMARTS) is 1. The zero-order chi connectivity index (χ0) is 27.0. The van der Waals surface area contributed by atoms with E-state index in [4.69, 9.17) is 16.9 Å². The van der Waals surface area contributed by atoms with E-state index in [1.54, 1.807) is 18.2 Å². The fourth-order valence-electron chi connectivity index (χ4n) is 5.62. The Hall–Kier alpha value is -4.91. The van der Waals surface area contributed by atoms with Crippen molar-refractivity contribution in [2.45, 2.75) is 18.9 Å². The van der Waals surface area contributed by atoms with Crippen molar-refractivity contribution in [3.8, 4) is 11.1 Å². The van der Waals surface area contributed by atoms with Gasteiger partial charge in [-0.3, -0.25) is 10.2 Å². The van der Waals surface area contributed by atoms with E-state index in [1.807, 2.05) is 79.7 Å². The third-order valence-electron chi connectivity index (χ3n) is 7.34. The summed E-state index contributed by atoms with van der Waals surface area (Å²) in [5, 5.41) is 21.9. The number of hydrogen-bond acceptors (Lipinski definition) is 4. The number of anilines is 1. The van der Waals surface area contributed by atoms with Crippen molar-refractivity contribution in [3.63, 3.8) is 0 Å². The average Bonchev–Trinajstić information content (AvgIpc) is 2.92. The van der Waals surface area contributed by atoms with Gasteiger partial charge in [0.25, 0.3) is 0 Å². The first-order valence-corrected chi connectivity index (χ1v) is 12.3. The maximum absolute atomic E-state index is 12.8. The number of nitrogens with two attached hydrogens (primary N) is 2. The summed E-state index contributed by atoms with van der Waals surface area (Å²) in [6, 6.07) is 27.4. The molecule has 0 bridgehead atoms. The van der Waals surface area contributed by atoms with E-state index in [0.29, 0.717) is 16.7 Å². The van der Waals surface area contributed by atoms with Gasteiger partial charge < -0.3 is 21.9 Å². The van der Waals surface area contributed by atoms with Crippen LogP contribution in [-0.4, -0.2) is 22.8 Å². The molecule has 1 aliphatic heterocycles. The summed E-state index contributed by atoms with van der Waals surface area (Å²) >= 11 is 0.